The second kappa shape index (κ2) is 8.79. The molecule has 0 bridgehead atoms. The van der Waals surface area contributed by atoms with E-state index in [4.69, 9.17) is 0 Å². The number of hydrogen-bond donors (Lipinski definition) is 0. The average Bonchev–Trinajstić information content (AvgIpc) is 3.32. The van der Waals surface area contributed by atoms with E-state index in [1.807, 2.05) is 0 Å². The summed E-state index contributed by atoms with van der Waals surface area (Å²) in [5.41, 5.74) is 11.4. The van der Waals surface area contributed by atoms with Crippen LogP contribution in [0.3, 0.4) is 0 Å². The molecule has 0 radical (unpaired) electrons. The van der Waals surface area contributed by atoms with Crippen molar-refractivity contribution in [3.63, 3.8) is 0 Å². The number of rotatable bonds is 3. The monoisotopic (exact) mass is 508 g/mol. The lowest BCUT2D eigenvalue weighted by molar-refractivity contribution is 0.768. The van der Waals surface area contributed by atoms with Crippen LogP contribution in [0.1, 0.15) is 27.8 Å². The lowest BCUT2D eigenvalue weighted by Gasteiger charge is -2.34. The van der Waals surface area contributed by atoms with Crippen LogP contribution in [0.25, 0.3) is 43.8 Å². The molecule has 0 aliphatic heterocycles. The summed E-state index contributed by atoms with van der Waals surface area (Å²) in [5.74, 6) is 0. The van der Waals surface area contributed by atoms with Gasteiger partial charge in [-0.15, -0.1) is 0 Å². The van der Waals surface area contributed by atoms with Gasteiger partial charge in [-0.1, -0.05) is 151 Å². The second-order valence-corrected chi connectivity index (χ2v) is 11.0. The van der Waals surface area contributed by atoms with E-state index in [0.717, 1.165) is 0 Å². The molecule has 7 aromatic rings. The minimum Gasteiger partial charge on any atom is -0.0619 e. The van der Waals surface area contributed by atoms with Crippen molar-refractivity contribution in [2.24, 2.45) is 0 Å². The number of fused-ring (bicyclic) bond motifs is 5. The topological polar surface area (TPSA) is 0 Å². The summed E-state index contributed by atoms with van der Waals surface area (Å²) >= 11 is 0. The molecule has 0 saturated heterocycles. The van der Waals surface area contributed by atoms with Crippen molar-refractivity contribution in [3.05, 3.63) is 179 Å². The van der Waals surface area contributed by atoms with E-state index in [1.165, 1.54) is 71.6 Å². The molecule has 0 N–H and O–H groups in total. The van der Waals surface area contributed by atoms with Crippen molar-refractivity contribution in [2.75, 3.05) is 0 Å². The molecule has 7 aromatic carbocycles. The maximum absolute atomic E-state index is 2.37. The summed E-state index contributed by atoms with van der Waals surface area (Å²) in [5, 5.41) is 5.13. The van der Waals surface area contributed by atoms with E-state index in [1.54, 1.807) is 0 Å². The van der Waals surface area contributed by atoms with Gasteiger partial charge in [0.05, 0.1) is 5.41 Å². The third-order valence-corrected chi connectivity index (χ3v) is 8.81. The van der Waals surface area contributed by atoms with Gasteiger partial charge in [0.1, 0.15) is 0 Å². The van der Waals surface area contributed by atoms with Gasteiger partial charge in [-0.05, 0) is 79.0 Å². The molecule has 1 aliphatic carbocycles. The summed E-state index contributed by atoms with van der Waals surface area (Å²) in [6.07, 6.45) is 0. The number of benzene rings is 7. The Morgan fingerprint density at radius 3 is 1.43 bits per heavy atom. The molecular formula is C40H28. The Hall–Kier alpha value is -4.94. The van der Waals surface area contributed by atoms with Crippen molar-refractivity contribution < 1.29 is 0 Å². The van der Waals surface area contributed by atoms with Crippen molar-refractivity contribution in [1.82, 2.24) is 0 Å². The minimum absolute atomic E-state index is 0.375. The van der Waals surface area contributed by atoms with E-state index in [9.17, 15) is 0 Å². The van der Waals surface area contributed by atoms with Gasteiger partial charge in [0.25, 0.3) is 0 Å². The molecule has 0 saturated carbocycles. The number of hydrogen-bond acceptors (Lipinski definition) is 0. The first-order valence-corrected chi connectivity index (χ1v) is 14.0. The summed E-state index contributed by atoms with van der Waals surface area (Å²) < 4.78 is 0. The first-order valence-electron chi connectivity index (χ1n) is 14.0. The predicted molar refractivity (Wildman–Crippen MR) is 169 cm³/mol. The molecule has 0 aromatic heterocycles. The van der Waals surface area contributed by atoms with Crippen LogP contribution in [0.2, 0.25) is 0 Å². The van der Waals surface area contributed by atoms with Gasteiger partial charge in [0, 0.05) is 0 Å². The third-order valence-electron chi connectivity index (χ3n) is 8.81. The lowest BCUT2D eigenvalue weighted by atomic mass is 9.67. The number of aryl methyl sites for hydroxylation is 1. The molecule has 0 nitrogen and oxygen atoms in total. The molecule has 0 fully saturated rings. The van der Waals surface area contributed by atoms with Gasteiger partial charge in [-0.2, -0.15) is 0 Å². The van der Waals surface area contributed by atoms with Gasteiger partial charge >= 0.3 is 0 Å². The third kappa shape index (κ3) is 3.20. The predicted octanol–water partition coefficient (Wildman–Crippen LogP) is 10.3. The highest BCUT2D eigenvalue weighted by Crippen LogP contribution is 2.56. The highest BCUT2D eigenvalue weighted by atomic mass is 14.5. The maximum atomic E-state index is 2.37. The summed E-state index contributed by atoms with van der Waals surface area (Å²) in [6.45, 7) is 2.16. The van der Waals surface area contributed by atoms with E-state index >= 15 is 0 Å². The summed E-state index contributed by atoms with van der Waals surface area (Å²) in [6, 6.07) is 56.2. The SMILES string of the molecule is Cc1ccc(C2(c3ccc(-c4c5ccccc5cc5ccccc45)cc3)c3ccccc3-c3ccccc32)cc1. The van der Waals surface area contributed by atoms with Gasteiger partial charge in [0.2, 0.25) is 0 Å². The van der Waals surface area contributed by atoms with Crippen molar-refractivity contribution >= 4 is 21.5 Å². The summed E-state index contributed by atoms with van der Waals surface area (Å²) in [4.78, 5) is 0. The Morgan fingerprint density at radius 2 is 0.875 bits per heavy atom. The maximum Gasteiger partial charge on any atom is 0.0713 e. The van der Waals surface area contributed by atoms with Gasteiger partial charge in [0.15, 0.2) is 0 Å². The Kier molecular flexibility index (Phi) is 5.06. The van der Waals surface area contributed by atoms with E-state index in [-0.39, 0.29) is 5.41 Å². The van der Waals surface area contributed by atoms with E-state index in [2.05, 4.69) is 159 Å². The van der Waals surface area contributed by atoms with Gasteiger partial charge in [-0.3, -0.25) is 0 Å². The van der Waals surface area contributed by atoms with Crippen LogP contribution in [0.15, 0.2) is 152 Å². The van der Waals surface area contributed by atoms with Crippen LogP contribution >= 0.6 is 0 Å². The highest BCUT2D eigenvalue weighted by Gasteiger charge is 2.45. The molecule has 40 heavy (non-hydrogen) atoms. The van der Waals surface area contributed by atoms with Crippen LogP contribution in [-0.2, 0) is 5.41 Å². The zero-order chi connectivity index (χ0) is 26.7. The van der Waals surface area contributed by atoms with Crippen LogP contribution < -0.4 is 0 Å². The molecular weight excluding hydrogens is 480 g/mol. The molecule has 0 spiro atoms. The van der Waals surface area contributed by atoms with Crippen LogP contribution in [-0.4, -0.2) is 0 Å². The van der Waals surface area contributed by atoms with Crippen LogP contribution in [0, 0.1) is 6.92 Å². The van der Waals surface area contributed by atoms with Gasteiger partial charge in [-0.25, -0.2) is 0 Å². The van der Waals surface area contributed by atoms with E-state index < -0.39 is 0 Å². The first-order chi connectivity index (χ1) is 19.7. The molecule has 0 heterocycles. The zero-order valence-electron chi connectivity index (χ0n) is 22.4. The Balaban J connectivity index is 1.41. The standard InChI is InChI=1S/C40H28/c1-27-18-22-31(23-19-27)40(37-16-8-6-14-35(37)36-15-7-9-17-38(36)40)32-24-20-28(21-25-32)39-33-12-4-2-10-29(33)26-30-11-3-5-13-34(30)39/h2-26H,1H3. The van der Waals surface area contributed by atoms with Crippen molar-refractivity contribution in [3.8, 4) is 22.3 Å². The molecule has 0 heteroatoms. The highest BCUT2D eigenvalue weighted by molar-refractivity contribution is 6.12. The Bertz CT molecular complexity index is 1940. The fraction of sp³-hybridized carbons (Fsp3) is 0.0500. The fourth-order valence-corrected chi connectivity index (χ4v) is 7.04. The largest absolute Gasteiger partial charge is 0.0713 e. The van der Waals surface area contributed by atoms with Gasteiger partial charge < -0.3 is 0 Å². The minimum atomic E-state index is -0.375. The Morgan fingerprint density at radius 1 is 0.425 bits per heavy atom. The molecule has 1 aliphatic rings. The summed E-state index contributed by atoms with van der Waals surface area (Å²) in [7, 11) is 0. The average molecular weight is 509 g/mol. The molecule has 0 unspecified atom stereocenters. The first kappa shape index (κ1) is 23.0. The van der Waals surface area contributed by atoms with Crippen LogP contribution in [0.4, 0.5) is 0 Å². The Labute approximate surface area is 235 Å². The normalized spacial score (nSPS) is 13.3. The fourth-order valence-electron chi connectivity index (χ4n) is 7.04. The lowest BCUT2D eigenvalue weighted by Crippen LogP contribution is -2.28. The molecule has 188 valence electrons. The van der Waals surface area contributed by atoms with Crippen LogP contribution in [0.5, 0.6) is 0 Å². The smallest absolute Gasteiger partial charge is 0.0619 e. The zero-order valence-corrected chi connectivity index (χ0v) is 22.4. The van der Waals surface area contributed by atoms with Crippen molar-refractivity contribution in [2.45, 2.75) is 12.3 Å². The molecule has 8 rings (SSSR count). The van der Waals surface area contributed by atoms with E-state index in [0.29, 0.717) is 0 Å². The quantitative estimate of drug-likeness (QED) is 0.208. The molecule has 0 atom stereocenters. The second-order valence-electron chi connectivity index (χ2n) is 11.0. The van der Waals surface area contributed by atoms with Crippen molar-refractivity contribution in [1.29, 1.82) is 0 Å². The molecule has 0 amide bonds.